The Morgan fingerprint density at radius 1 is 1.00 bits per heavy atom. The summed E-state index contributed by atoms with van der Waals surface area (Å²) in [7, 11) is 0. The standard InChI is InChI=1S/C23H19F3N2O2/c1-2-13-10-18-21(19(29)11-13)20-16(22(27)30)7-4-8-17(20)28(18)12-14-5-3-6-15(9-14)23(24,25)26/h3-11,29H,2,12H2,1H3,(H2,27,30). The first-order valence-electron chi connectivity index (χ1n) is 9.43. The highest BCUT2D eigenvalue weighted by Crippen LogP contribution is 2.39. The van der Waals surface area contributed by atoms with Gasteiger partial charge in [0.05, 0.1) is 22.0 Å². The summed E-state index contributed by atoms with van der Waals surface area (Å²) < 4.78 is 41.3. The van der Waals surface area contributed by atoms with E-state index in [1.54, 1.807) is 30.3 Å². The van der Waals surface area contributed by atoms with Gasteiger partial charge in [-0.05, 0) is 53.9 Å². The van der Waals surface area contributed by atoms with E-state index in [4.69, 9.17) is 5.73 Å². The fourth-order valence-corrected chi connectivity index (χ4v) is 3.90. The number of aryl methyl sites for hydroxylation is 1. The van der Waals surface area contributed by atoms with E-state index in [2.05, 4.69) is 0 Å². The second kappa shape index (κ2) is 7.09. The summed E-state index contributed by atoms with van der Waals surface area (Å²) in [5.74, 6) is -0.636. The van der Waals surface area contributed by atoms with Crippen molar-refractivity contribution in [2.75, 3.05) is 0 Å². The molecule has 3 N–H and O–H groups in total. The first kappa shape index (κ1) is 19.8. The molecule has 0 aliphatic carbocycles. The normalized spacial score (nSPS) is 12.0. The summed E-state index contributed by atoms with van der Waals surface area (Å²) in [6.07, 6.45) is -3.78. The number of phenolic OH excluding ortho intramolecular Hbond substituents is 1. The molecule has 0 unspecified atom stereocenters. The lowest BCUT2D eigenvalue weighted by atomic mass is 10.0. The summed E-state index contributed by atoms with van der Waals surface area (Å²) in [5, 5.41) is 11.7. The van der Waals surface area contributed by atoms with Crippen molar-refractivity contribution in [2.24, 2.45) is 5.73 Å². The van der Waals surface area contributed by atoms with Crippen molar-refractivity contribution in [2.45, 2.75) is 26.1 Å². The maximum Gasteiger partial charge on any atom is 0.416 e. The van der Waals surface area contributed by atoms with Gasteiger partial charge in [-0.1, -0.05) is 25.1 Å². The van der Waals surface area contributed by atoms with E-state index < -0.39 is 17.6 Å². The van der Waals surface area contributed by atoms with Gasteiger partial charge in [0.2, 0.25) is 5.91 Å². The number of hydrogen-bond donors (Lipinski definition) is 2. The van der Waals surface area contributed by atoms with Crippen molar-refractivity contribution in [3.05, 3.63) is 76.9 Å². The maximum atomic E-state index is 13.2. The molecule has 154 valence electrons. The third kappa shape index (κ3) is 3.26. The Morgan fingerprint density at radius 3 is 2.40 bits per heavy atom. The van der Waals surface area contributed by atoms with E-state index >= 15 is 0 Å². The number of aromatic nitrogens is 1. The molecule has 0 bridgehead atoms. The summed E-state index contributed by atoms with van der Waals surface area (Å²) in [6.45, 7) is 2.08. The Balaban J connectivity index is 2.02. The van der Waals surface area contributed by atoms with Crippen molar-refractivity contribution in [1.82, 2.24) is 4.57 Å². The first-order chi connectivity index (χ1) is 14.2. The van der Waals surface area contributed by atoms with E-state index in [0.29, 0.717) is 33.8 Å². The van der Waals surface area contributed by atoms with Crippen LogP contribution in [0.15, 0.2) is 54.6 Å². The number of phenols is 1. The van der Waals surface area contributed by atoms with Crippen LogP contribution in [0.1, 0.15) is 34.0 Å². The summed E-state index contributed by atoms with van der Waals surface area (Å²) >= 11 is 0. The van der Waals surface area contributed by atoms with Crippen LogP contribution in [0.5, 0.6) is 5.75 Å². The Kier molecular flexibility index (Phi) is 4.68. The van der Waals surface area contributed by atoms with Gasteiger partial charge in [0.25, 0.3) is 0 Å². The monoisotopic (exact) mass is 412 g/mol. The molecule has 0 radical (unpaired) electrons. The first-order valence-corrected chi connectivity index (χ1v) is 9.43. The largest absolute Gasteiger partial charge is 0.507 e. The molecule has 0 fully saturated rings. The zero-order valence-corrected chi connectivity index (χ0v) is 16.1. The molecule has 0 spiro atoms. The predicted molar refractivity (Wildman–Crippen MR) is 110 cm³/mol. The Morgan fingerprint density at radius 2 is 1.73 bits per heavy atom. The van der Waals surface area contributed by atoms with E-state index in [1.807, 2.05) is 17.6 Å². The number of rotatable bonds is 4. The number of primary amides is 1. The molecular formula is C23H19F3N2O2. The van der Waals surface area contributed by atoms with Crippen LogP contribution in [0, 0.1) is 0 Å². The number of halogens is 3. The molecule has 4 nitrogen and oxygen atoms in total. The Bertz CT molecular complexity index is 1290. The molecule has 1 amide bonds. The molecule has 0 aliphatic heterocycles. The number of nitrogens with two attached hydrogens (primary N) is 1. The minimum Gasteiger partial charge on any atom is -0.507 e. The topological polar surface area (TPSA) is 68.2 Å². The van der Waals surface area contributed by atoms with Crippen molar-refractivity contribution >= 4 is 27.7 Å². The number of carbonyl (C=O) groups excluding carboxylic acids is 1. The van der Waals surface area contributed by atoms with Crippen LogP contribution < -0.4 is 5.73 Å². The highest BCUT2D eigenvalue weighted by Gasteiger charge is 2.30. The summed E-state index contributed by atoms with van der Waals surface area (Å²) in [6, 6.07) is 13.7. The third-order valence-electron chi connectivity index (χ3n) is 5.30. The smallest absolute Gasteiger partial charge is 0.416 e. The minimum atomic E-state index is -4.44. The van der Waals surface area contributed by atoms with E-state index in [-0.39, 0.29) is 17.9 Å². The fraction of sp³-hybridized carbons (Fsp3) is 0.174. The molecule has 0 aliphatic rings. The highest BCUT2D eigenvalue weighted by molar-refractivity contribution is 6.19. The SMILES string of the molecule is CCc1cc(O)c2c3c(C(N)=O)cccc3n(Cc3cccc(C(F)(F)F)c3)c2c1. The molecule has 4 aromatic rings. The van der Waals surface area contributed by atoms with E-state index in [9.17, 15) is 23.1 Å². The van der Waals surface area contributed by atoms with Crippen LogP contribution in [0.4, 0.5) is 13.2 Å². The van der Waals surface area contributed by atoms with Gasteiger partial charge >= 0.3 is 6.18 Å². The number of carbonyl (C=O) groups is 1. The lowest BCUT2D eigenvalue weighted by Crippen LogP contribution is -2.11. The summed E-state index contributed by atoms with van der Waals surface area (Å²) in [4.78, 5) is 12.0. The molecule has 1 heterocycles. The van der Waals surface area contributed by atoms with Gasteiger partial charge in [0.1, 0.15) is 5.75 Å². The number of benzene rings is 3. The van der Waals surface area contributed by atoms with Crippen molar-refractivity contribution < 1.29 is 23.1 Å². The lowest BCUT2D eigenvalue weighted by molar-refractivity contribution is -0.137. The maximum absolute atomic E-state index is 13.2. The van der Waals surface area contributed by atoms with Crippen LogP contribution in [0.2, 0.25) is 0 Å². The number of aromatic hydroxyl groups is 1. The minimum absolute atomic E-state index is 0.00541. The number of fused-ring (bicyclic) bond motifs is 3. The molecule has 30 heavy (non-hydrogen) atoms. The average Bonchev–Trinajstić information content (AvgIpc) is 3.01. The third-order valence-corrected chi connectivity index (χ3v) is 5.30. The van der Waals surface area contributed by atoms with Gasteiger partial charge < -0.3 is 15.4 Å². The quantitative estimate of drug-likeness (QED) is 0.482. The molecule has 1 aromatic heterocycles. The Hall–Kier alpha value is -3.48. The van der Waals surface area contributed by atoms with Crippen molar-refractivity contribution in [3.8, 4) is 5.75 Å². The molecule has 0 saturated carbocycles. The van der Waals surface area contributed by atoms with Crippen LogP contribution in [-0.4, -0.2) is 15.6 Å². The van der Waals surface area contributed by atoms with Crippen LogP contribution >= 0.6 is 0 Å². The zero-order valence-electron chi connectivity index (χ0n) is 16.1. The molecule has 0 saturated heterocycles. The predicted octanol–water partition coefficient (Wildman–Crippen LogP) is 5.23. The number of hydrogen-bond acceptors (Lipinski definition) is 2. The zero-order chi connectivity index (χ0) is 21.6. The van der Waals surface area contributed by atoms with E-state index in [0.717, 1.165) is 17.7 Å². The number of alkyl halides is 3. The van der Waals surface area contributed by atoms with Gasteiger partial charge in [-0.25, -0.2) is 0 Å². The summed E-state index contributed by atoms with van der Waals surface area (Å²) in [5.41, 5.74) is 7.64. The van der Waals surface area contributed by atoms with Crippen LogP contribution in [0.25, 0.3) is 21.8 Å². The average molecular weight is 412 g/mol. The molecule has 4 rings (SSSR count). The van der Waals surface area contributed by atoms with Crippen molar-refractivity contribution in [1.29, 1.82) is 0 Å². The number of amides is 1. The number of nitrogens with zero attached hydrogens (tertiary/aromatic N) is 1. The van der Waals surface area contributed by atoms with Crippen molar-refractivity contribution in [3.63, 3.8) is 0 Å². The van der Waals surface area contributed by atoms with Gasteiger partial charge in [-0.3, -0.25) is 4.79 Å². The highest BCUT2D eigenvalue weighted by atomic mass is 19.4. The Labute approximate surface area is 170 Å². The molecule has 0 atom stereocenters. The van der Waals surface area contributed by atoms with Gasteiger partial charge in [-0.15, -0.1) is 0 Å². The van der Waals surface area contributed by atoms with E-state index in [1.165, 1.54) is 6.07 Å². The second-order valence-corrected chi connectivity index (χ2v) is 7.21. The molecule has 7 heteroatoms. The van der Waals surface area contributed by atoms with Gasteiger partial charge in [-0.2, -0.15) is 13.2 Å². The molecular weight excluding hydrogens is 393 g/mol. The lowest BCUT2D eigenvalue weighted by Gasteiger charge is -2.12. The molecule has 3 aromatic carbocycles. The fourth-order valence-electron chi connectivity index (χ4n) is 3.90. The van der Waals surface area contributed by atoms with Crippen LogP contribution in [-0.2, 0) is 19.1 Å². The second-order valence-electron chi connectivity index (χ2n) is 7.21. The van der Waals surface area contributed by atoms with Gasteiger partial charge in [0.15, 0.2) is 0 Å². The van der Waals surface area contributed by atoms with Crippen LogP contribution in [0.3, 0.4) is 0 Å². The van der Waals surface area contributed by atoms with Gasteiger partial charge in [0, 0.05) is 17.5 Å².